The van der Waals surface area contributed by atoms with Crippen molar-refractivity contribution in [2.75, 3.05) is 0 Å². The molecular weight excluding hydrogens is 341 g/mol. The van der Waals surface area contributed by atoms with Crippen LogP contribution in [0.5, 0.6) is 0 Å². The van der Waals surface area contributed by atoms with E-state index in [1.54, 1.807) is 49.4 Å². The molecule has 0 unspecified atom stereocenters. The van der Waals surface area contributed by atoms with E-state index < -0.39 is 11.9 Å². The van der Waals surface area contributed by atoms with Crippen LogP contribution in [0, 0.1) is 5.82 Å². The number of hydrogen-bond acceptors (Lipinski definition) is 5. The molecule has 1 aliphatic heterocycles. The third-order valence-corrected chi connectivity index (χ3v) is 5.24. The van der Waals surface area contributed by atoms with E-state index in [0.29, 0.717) is 26.7 Å². The largest absolute Gasteiger partial charge is 0.269 e. The van der Waals surface area contributed by atoms with Gasteiger partial charge in [-0.1, -0.05) is 35.6 Å². The molecule has 0 spiro atoms. The van der Waals surface area contributed by atoms with Gasteiger partial charge in [-0.25, -0.2) is 4.39 Å². The van der Waals surface area contributed by atoms with Crippen molar-refractivity contribution in [2.45, 2.75) is 13.0 Å². The Labute approximate surface area is 146 Å². The number of amides is 2. The van der Waals surface area contributed by atoms with Crippen molar-refractivity contribution in [3.05, 3.63) is 70.5 Å². The molecule has 7 heteroatoms. The molecule has 25 heavy (non-hydrogen) atoms. The van der Waals surface area contributed by atoms with Gasteiger partial charge < -0.3 is 0 Å². The van der Waals surface area contributed by atoms with Crippen LogP contribution in [-0.4, -0.2) is 26.9 Å². The summed E-state index contributed by atoms with van der Waals surface area (Å²) in [7, 11) is 0. The molecule has 0 aliphatic carbocycles. The van der Waals surface area contributed by atoms with Gasteiger partial charge in [0.1, 0.15) is 10.8 Å². The fraction of sp³-hybridized carbons (Fsp3) is 0.111. The second-order valence-electron chi connectivity index (χ2n) is 5.63. The van der Waals surface area contributed by atoms with E-state index in [1.807, 2.05) is 0 Å². The minimum atomic E-state index is -0.578. The Morgan fingerprint density at radius 2 is 1.48 bits per heavy atom. The van der Waals surface area contributed by atoms with Crippen LogP contribution in [-0.2, 0) is 0 Å². The predicted molar refractivity (Wildman–Crippen MR) is 90.7 cm³/mol. The van der Waals surface area contributed by atoms with Crippen molar-refractivity contribution in [3.63, 3.8) is 0 Å². The van der Waals surface area contributed by atoms with Crippen LogP contribution >= 0.6 is 11.3 Å². The number of carbonyl (C=O) groups is 2. The maximum Gasteiger partial charge on any atom is 0.262 e. The lowest BCUT2D eigenvalue weighted by Crippen LogP contribution is -2.32. The lowest BCUT2D eigenvalue weighted by Gasteiger charge is -2.19. The zero-order valence-corrected chi connectivity index (χ0v) is 14.0. The highest BCUT2D eigenvalue weighted by atomic mass is 32.1. The minimum absolute atomic E-state index is 0.348. The van der Waals surface area contributed by atoms with E-state index in [1.165, 1.54) is 22.3 Å². The first-order chi connectivity index (χ1) is 12.1. The molecular formula is C18H12FN3O2S. The normalized spacial score (nSPS) is 14.7. The van der Waals surface area contributed by atoms with Gasteiger partial charge in [0, 0.05) is 5.56 Å². The summed E-state index contributed by atoms with van der Waals surface area (Å²) >= 11 is 1.17. The first-order valence-electron chi connectivity index (χ1n) is 7.63. The van der Waals surface area contributed by atoms with Crippen LogP contribution in [0.3, 0.4) is 0 Å². The Bertz CT molecular complexity index is 966. The Kier molecular flexibility index (Phi) is 3.65. The molecule has 0 saturated carbocycles. The molecule has 1 aliphatic rings. The average Bonchev–Trinajstić information content (AvgIpc) is 3.20. The van der Waals surface area contributed by atoms with Gasteiger partial charge in [0.2, 0.25) is 0 Å². The molecule has 3 aromatic rings. The number of imide groups is 1. The third kappa shape index (κ3) is 2.44. The molecule has 0 radical (unpaired) electrons. The first kappa shape index (κ1) is 15.6. The summed E-state index contributed by atoms with van der Waals surface area (Å²) in [5.74, 6) is -1.09. The van der Waals surface area contributed by atoms with E-state index in [2.05, 4.69) is 10.2 Å². The summed E-state index contributed by atoms with van der Waals surface area (Å²) in [6, 6.07) is 12.4. The number of halogens is 1. The molecule has 2 amide bonds. The van der Waals surface area contributed by atoms with E-state index in [4.69, 9.17) is 0 Å². The van der Waals surface area contributed by atoms with Gasteiger partial charge in [-0.15, -0.1) is 10.2 Å². The van der Waals surface area contributed by atoms with E-state index in [9.17, 15) is 14.0 Å². The van der Waals surface area contributed by atoms with Crippen molar-refractivity contribution in [1.29, 1.82) is 0 Å². The van der Waals surface area contributed by atoms with Crippen LogP contribution in [0.1, 0.15) is 38.7 Å². The maximum absolute atomic E-state index is 13.9. The van der Waals surface area contributed by atoms with Gasteiger partial charge in [0.25, 0.3) is 11.8 Å². The molecule has 124 valence electrons. The topological polar surface area (TPSA) is 63.2 Å². The Morgan fingerprint density at radius 1 is 0.920 bits per heavy atom. The van der Waals surface area contributed by atoms with Gasteiger partial charge >= 0.3 is 0 Å². The number of hydrogen-bond donors (Lipinski definition) is 0. The van der Waals surface area contributed by atoms with Crippen LogP contribution < -0.4 is 0 Å². The molecule has 1 atom stereocenters. The second kappa shape index (κ2) is 5.86. The van der Waals surface area contributed by atoms with Crippen LogP contribution in [0.25, 0.3) is 10.6 Å². The number of benzene rings is 2. The lowest BCUT2D eigenvalue weighted by molar-refractivity contribution is 0.0594. The summed E-state index contributed by atoms with van der Waals surface area (Å²) in [6.45, 7) is 1.72. The number of nitrogens with zero attached hydrogens (tertiary/aromatic N) is 3. The van der Waals surface area contributed by atoms with Gasteiger partial charge in [-0.05, 0) is 31.2 Å². The first-order valence-corrected chi connectivity index (χ1v) is 8.45. The van der Waals surface area contributed by atoms with Crippen molar-refractivity contribution in [3.8, 4) is 10.6 Å². The highest BCUT2D eigenvalue weighted by Gasteiger charge is 2.39. The summed E-state index contributed by atoms with van der Waals surface area (Å²) in [4.78, 5) is 26.3. The SMILES string of the molecule is C[C@H](c1nnc(-c2ccccc2F)s1)N1C(=O)c2ccccc2C1=O. The Hall–Kier alpha value is -2.93. The zero-order chi connectivity index (χ0) is 17.6. The van der Waals surface area contributed by atoms with Crippen molar-refractivity contribution >= 4 is 23.2 Å². The molecule has 4 rings (SSSR count). The molecule has 0 fully saturated rings. The molecule has 5 nitrogen and oxygen atoms in total. The van der Waals surface area contributed by atoms with Gasteiger partial charge in [-0.2, -0.15) is 0 Å². The van der Waals surface area contributed by atoms with E-state index >= 15 is 0 Å². The van der Waals surface area contributed by atoms with E-state index in [0.717, 1.165) is 0 Å². The highest BCUT2D eigenvalue weighted by molar-refractivity contribution is 7.14. The molecule has 0 N–H and O–H groups in total. The van der Waals surface area contributed by atoms with Crippen molar-refractivity contribution < 1.29 is 14.0 Å². The number of rotatable bonds is 3. The van der Waals surface area contributed by atoms with Gasteiger partial charge in [0.05, 0.1) is 17.2 Å². The third-order valence-electron chi connectivity index (χ3n) is 4.12. The van der Waals surface area contributed by atoms with Gasteiger partial charge in [-0.3, -0.25) is 14.5 Å². The summed E-state index contributed by atoms with van der Waals surface area (Å²) in [6.07, 6.45) is 0. The van der Waals surface area contributed by atoms with Crippen LogP contribution in [0.4, 0.5) is 4.39 Å². The molecule has 0 bridgehead atoms. The molecule has 1 aromatic heterocycles. The van der Waals surface area contributed by atoms with Crippen LogP contribution in [0.2, 0.25) is 0 Å². The maximum atomic E-state index is 13.9. The zero-order valence-electron chi connectivity index (χ0n) is 13.1. The standard InChI is InChI=1S/C18H12FN3O2S/c1-10(22-17(23)11-6-2-3-7-12(11)18(22)24)15-20-21-16(25-15)13-8-4-5-9-14(13)19/h2-10H,1H3/t10-/m1/s1. The Balaban J connectivity index is 1.67. The summed E-state index contributed by atoms with van der Waals surface area (Å²) in [5, 5.41) is 8.98. The predicted octanol–water partition coefficient (Wildman–Crippen LogP) is 3.70. The number of carbonyl (C=O) groups excluding carboxylic acids is 2. The number of fused-ring (bicyclic) bond motifs is 1. The smallest absolute Gasteiger partial charge is 0.262 e. The summed E-state index contributed by atoms with van der Waals surface area (Å²) < 4.78 is 13.9. The summed E-state index contributed by atoms with van der Waals surface area (Å²) in [5.41, 5.74) is 1.12. The fourth-order valence-corrected chi connectivity index (χ4v) is 3.73. The van der Waals surface area contributed by atoms with Crippen molar-refractivity contribution in [2.24, 2.45) is 0 Å². The van der Waals surface area contributed by atoms with Crippen molar-refractivity contribution in [1.82, 2.24) is 15.1 Å². The highest BCUT2D eigenvalue weighted by Crippen LogP contribution is 2.34. The quantitative estimate of drug-likeness (QED) is 0.674. The second-order valence-corrected chi connectivity index (χ2v) is 6.64. The molecule has 2 heterocycles. The Morgan fingerprint density at radius 3 is 2.08 bits per heavy atom. The minimum Gasteiger partial charge on any atom is -0.269 e. The van der Waals surface area contributed by atoms with Gasteiger partial charge in [0.15, 0.2) is 5.01 Å². The van der Waals surface area contributed by atoms with Crippen LogP contribution in [0.15, 0.2) is 48.5 Å². The monoisotopic (exact) mass is 353 g/mol. The average molecular weight is 353 g/mol. The fourth-order valence-electron chi connectivity index (χ4n) is 2.82. The molecule has 2 aromatic carbocycles. The molecule has 0 saturated heterocycles. The van der Waals surface area contributed by atoms with E-state index in [-0.39, 0.29) is 11.8 Å². The number of aromatic nitrogens is 2. The lowest BCUT2D eigenvalue weighted by atomic mass is 10.1.